The SMILES string of the molecule is CCCNCc1c(Cl)cccc1N(C)CCc1cccs1. The number of nitrogens with one attached hydrogen (secondary N) is 1. The summed E-state index contributed by atoms with van der Waals surface area (Å²) in [7, 11) is 2.14. The molecule has 0 amide bonds. The Morgan fingerprint density at radius 3 is 2.81 bits per heavy atom. The molecule has 4 heteroatoms. The van der Waals surface area contributed by atoms with Gasteiger partial charge in [-0.05, 0) is 43.0 Å². The third-order valence-electron chi connectivity index (χ3n) is 3.51. The van der Waals surface area contributed by atoms with Gasteiger partial charge in [0, 0.05) is 41.3 Å². The maximum absolute atomic E-state index is 6.39. The molecule has 0 aliphatic rings. The van der Waals surface area contributed by atoms with Crippen LogP contribution < -0.4 is 10.2 Å². The Bertz CT molecular complexity index is 540. The van der Waals surface area contributed by atoms with Crippen LogP contribution in [0.2, 0.25) is 5.02 Å². The third kappa shape index (κ3) is 4.73. The number of nitrogens with zero attached hydrogens (tertiary/aromatic N) is 1. The fourth-order valence-electron chi connectivity index (χ4n) is 2.32. The molecule has 0 saturated heterocycles. The van der Waals surface area contributed by atoms with Crippen molar-refractivity contribution in [3.05, 3.63) is 51.2 Å². The Morgan fingerprint density at radius 2 is 2.10 bits per heavy atom. The van der Waals surface area contributed by atoms with Crippen LogP contribution in [0.25, 0.3) is 0 Å². The molecule has 0 aliphatic heterocycles. The molecule has 0 fully saturated rings. The first kappa shape index (κ1) is 16.3. The standard InChI is InChI=1S/C17H23ClN2S/c1-3-10-19-13-15-16(18)7-4-8-17(15)20(2)11-9-14-6-5-12-21-14/h4-8,12,19H,3,9-11,13H2,1-2H3. The lowest BCUT2D eigenvalue weighted by molar-refractivity contribution is 0.674. The Hall–Kier alpha value is -1.03. The summed E-state index contributed by atoms with van der Waals surface area (Å²) in [4.78, 5) is 3.73. The Labute approximate surface area is 136 Å². The zero-order valence-corrected chi connectivity index (χ0v) is 14.3. The lowest BCUT2D eigenvalue weighted by Gasteiger charge is -2.23. The summed E-state index contributed by atoms with van der Waals surface area (Å²) in [6.45, 7) is 5.02. The smallest absolute Gasteiger partial charge is 0.0471 e. The van der Waals surface area contributed by atoms with E-state index in [0.29, 0.717) is 0 Å². The number of hydrogen-bond donors (Lipinski definition) is 1. The van der Waals surface area contributed by atoms with Gasteiger partial charge in [-0.25, -0.2) is 0 Å². The van der Waals surface area contributed by atoms with Crippen LogP contribution in [0.15, 0.2) is 35.7 Å². The largest absolute Gasteiger partial charge is 0.374 e. The molecule has 0 saturated carbocycles. The summed E-state index contributed by atoms with van der Waals surface area (Å²) in [5.41, 5.74) is 2.42. The van der Waals surface area contributed by atoms with Crippen LogP contribution in [-0.4, -0.2) is 20.1 Å². The topological polar surface area (TPSA) is 15.3 Å². The molecule has 21 heavy (non-hydrogen) atoms. The molecular weight excluding hydrogens is 300 g/mol. The highest BCUT2D eigenvalue weighted by Crippen LogP contribution is 2.27. The predicted molar refractivity (Wildman–Crippen MR) is 94.7 cm³/mol. The summed E-state index contributed by atoms with van der Waals surface area (Å²) in [5, 5.41) is 6.43. The fraction of sp³-hybridized carbons (Fsp3) is 0.412. The third-order valence-corrected chi connectivity index (χ3v) is 4.80. The van der Waals surface area contributed by atoms with Crippen LogP contribution in [0, 0.1) is 0 Å². The van der Waals surface area contributed by atoms with E-state index < -0.39 is 0 Å². The molecule has 0 atom stereocenters. The van der Waals surface area contributed by atoms with Crippen LogP contribution in [-0.2, 0) is 13.0 Å². The second kappa shape index (κ2) is 8.42. The maximum atomic E-state index is 6.39. The van der Waals surface area contributed by atoms with E-state index in [2.05, 4.69) is 47.8 Å². The van der Waals surface area contributed by atoms with Gasteiger partial charge in [-0.1, -0.05) is 30.7 Å². The minimum absolute atomic E-state index is 0.826. The zero-order chi connectivity index (χ0) is 15.1. The van der Waals surface area contributed by atoms with Crippen molar-refractivity contribution in [3.8, 4) is 0 Å². The van der Waals surface area contributed by atoms with Crippen molar-refractivity contribution in [1.29, 1.82) is 0 Å². The summed E-state index contributed by atoms with van der Waals surface area (Å²) >= 11 is 8.21. The number of likely N-dealkylation sites (N-methyl/N-ethyl adjacent to an activating group) is 1. The molecule has 0 spiro atoms. The predicted octanol–water partition coefficient (Wildman–Crippen LogP) is 4.58. The van der Waals surface area contributed by atoms with Crippen molar-refractivity contribution in [1.82, 2.24) is 5.32 Å². The van der Waals surface area contributed by atoms with Crippen LogP contribution in [0.1, 0.15) is 23.8 Å². The van der Waals surface area contributed by atoms with E-state index in [1.807, 2.05) is 23.5 Å². The Balaban J connectivity index is 2.04. The average Bonchev–Trinajstić information content (AvgIpc) is 3.00. The number of anilines is 1. The van der Waals surface area contributed by atoms with E-state index in [-0.39, 0.29) is 0 Å². The molecule has 1 aromatic carbocycles. The quantitative estimate of drug-likeness (QED) is 0.716. The Kier molecular flexibility index (Phi) is 6.55. The fourth-order valence-corrected chi connectivity index (χ4v) is 3.26. The van der Waals surface area contributed by atoms with E-state index in [1.165, 1.54) is 16.1 Å². The van der Waals surface area contributed by atoms with Crippen LogP contribution >= 0.6 is 22.9 Å². The first-order chi connectivity index (χ1) is 10.2. The van der Waals surface area contributed by atoms with Crippen LogP contribution in [0.5, 0.6) is 0 Å². The van der Waals surface area contributed by atoms with Crippen molar-refractivity contribution in [3.63, 3.8) is 0 Å². The maximum Gasteiger partial charge on any atom is 0.0471 e. The number of halogens is 1. The van der Waals surface area contributed by atoms with Crippen LogP contribution in [0.4, 0.5) is 5.69 Å². The molecule has 2 rings (SSSR count). The van der Waals surface area contributed by atoms with E-state index >= 15 is 0 Å². The lowest BCUT2D eigenvalue weighted by Crippen LogP contribution is -2.23. The molecule has 0 aliphatic carbocycles. The van der Waals surface area contributed by atoms with Crippen molar-refractivity contribution in [2.45, 2.75) is 26.3 Å². The van der Waals surface area contributed by atoms with E-state index in [9.17, 15) is 0 Å². The average molecular weight is 323 g/mol. The van der Waals surface area contributed by atoms with E-state index in [0.717, 1.165) is 37.5 Å². The van der Waals surface area contributed by atoms with Crippen molar-refractivity contribution >= 4 is 28.6 Å². The molecule has 1 N–H and O–H groups in total. The summed E-state index contributed by atoms with van der Waals surface area (Å²) in [5.74, 6) is 0. The van der Waals surface area contributed by atoms with Gasteiger partial charge in [0.05, 0.1) is 0 Å². The molecule has 1 aromatic heterocycles. The van der Waals surface area contributed by atoms with Gasteiger partial charge in [-0.15, -0.1) is 11.3 Å². The number of benzene rings is 1. The number of hydrogen-bond acceptors (Lipinski definition) is 3. The molecular formula is C17H23ClN2S. The van der Waals surface area contributed by atoms with Crippen molar-refractivity contribution in [2.75, 3.05) is 25.0 Å². The van der Waals surface area contributed by atoms with Gasteiger partial charge in [-0.2, -0.15) is 0 Å². The van der Waals surface area contributed by atoms with E-state index in [4.69, 9.17) is 11.6 Å². The summed E-state index contributed by atoms with van der Waals surface area (Å²) in [6, 6.07) is 10.5. The molecule has 114 valence electrons. The highest BCUT2D eigenvalue weighted by atomic mass is 35.5. The van der Waals surface area contributed by atoms with Crippen LogP contribution in [0.3, 0.4) is 0 Å². The monoisotopic (exact) mass is 322 g/mol. The molecule has 1 heterocycles. The molecule has 0 bridgehead atoms. The van der Waals surface area contributed by atoms with Gasteiger partial charge in [-0.3, -0.25) is 0 Å². The highest BCUT2D eigenvalue weighted by Gasteiger charge is 2.10. The minimum atomic E-state index is 0.826. The molecule has 0 unspecified atom stereocenters. The first-order valence-corrected chi connectivity index (χ1v) is 8.69. The molecule has 2 aromatic rings. The van der Waals surface area contributed by atoms with Crippen molar-refractivity contribution < 1.29 is 0 Å². The zero-order valence-electron chi connectivity index (χ0n) is 12.7. The van der Waals surface area contributed by atoms with Gasteiger partial charge >= 0.3 is 0 Å². The normalized spacial score (nSPS) is 10.8. The minimum Gasteiger partial charge on any atom is -0.374 e. The van der Waals surface area contributed by atoms with Gasteiger partial charge < -0.3 is 10.2 Å². The lowest BCUT2D eigenvalue weighted by atomic mass is 10.1. The van der Waals surface area contributed by atoms with Gasteiger partial charge in [0.2, 0.25) is 0 Å². The Morgan fingerprint density at radius 1 is 1.24 bits per heavy atom. The number of thiophene rings is 1. The van der Waals surface area contributed by atoms with E-state index in [1.54, 1.807) is 0 Å². The summed E-state index contributed by atoms with van der Waals surface area (Å²) < 4.78 is 0. The first-order valence-electron chi connectivity index (χ1n) is 7.44. The molecule has 0 radical (unpaired) electrons. The van der Waals surface area contributed by atoms with Gasteiger partial charge in [0.25, 0.3) is 0 Å². The van der Waals surface area contributed by atoms with Crippen molar-refractivity contribution in [2.24, 2.45) is 0 Å². The second-order valence-corrected chi connectivity index (χ2v) is 6.60. The van der Waals surface area contributed by atoms with Gasteiger partial charge in [0.15, 0.2) is 0 Å². The number of rotatable bonds is 8. The molecule has 2 nitrogen and oxygen atoms in total. The highest BCUT2D eigenvalue weighted by molar-refractivity contribution is 7.09. The summed E-state index contributed by atoms with van der Waals surface area (Å²) in [6.07, 6.45) is 2.20. The second-order valence-electron chi connectivity index (χ2n) is 5.17. The van der Waals surface area contributed by atoms with Gasteiger partial charge in [0.1, 0.15) is 0 Å².